The lowest BCUT2D eigenvalue weighted by molar-refractivity contribution is -0.132. The average Bonchev–Trinajstić information content (AvgIpc) is 3.05. The number of carbonyl (C=O) groups is 1. The van der Waals surface area contributed by atoms with E-state index < -0.39 is 0 Å². The SMILES string of the molecule is N#Cc1cccc(-c2n[nH]c3c2CC(=O)N(Cc2ccccn2)C3)c1. The summed E-state index contributed by atoms with van der Waals surface area (Å²) in [4.78, 5) is 18.6. The molecule has 3 heterocycles. The molecular weight excluding hydrogens is 314 g/mol. The van der Waals surface area contributed by atoms with E-state index in [9.17, 15) is 4.79 Å². The number of hydrogen-bond donors (Lipinski definition) is 1. The number of benzene rings is 1. The van der Waals surface area contributed by atoms with Gasteiger partial charge in [-0.05, 0) is 24.3 Å². The first-order chi connectivity index (χ1) is 12.2. The highest BCUT2D eigenvalue weighted by Crippen LogP contribution is 2.29. The standard InChI is InChI=1S/C19H15N5O/c20-10-13-4-3-5-14(8-13)19-16-9-18(25)24(12-17(16)22-23-19)11-15-6-1-2-7-21-15/h1-8H,9,11-12H2,(H,22,23). The number of nitriles is 1. The zero-order valence-electron chi connectivity index (χ0n) is 13.4. The summed E-state index contributed by atoms with van der Waals surface area (Å²) in [6.45, 7) is 0.965. The van der Waals surface area contributed by atoms with E-state index in [-0.39, 0.29) is 5.91 Å². The smallest absolute Gasteiger partial charge is 0.227 e. The van der Waals surface area contributed by atoms with Gasteiger partial charge in [-0.15, -0.1) is 0 Å². The zero-order chi connectivity index (χ0) is 17.2. The summed E-state index contributed by atoms with van der Waals surface area (Å²) >= 11 is 0. The van der Waals surface area contributed by atoms with E-state index in [4.69, 9.17) is 5.26 Å². The lowest BCUT2D eigenvalue weighted by atomic mass is 9.98. The third-order valence-electron chi connectivity index (χ3n) is 4.33. The van der Waals surface area contributed by atoms with Gasteiger partial charge in [-0.3, -0.25) is 14.9 Å². The number of H-pyrrole nitrogens is 1. The summed E-state index contributed by atoms with van der Waals surface area (Å²) in [5, 5.41) is 16.5. The number of aromatic amines is 1. The number of nitrogens with one attached hydrogen (secondary N) is 1. The summed E-state index contributed by atoms with van der Waals surface area (Å²) in [6, 6.07) is 15.1. The number of amides is 1. The summed E-state index contributed by atoms with van der Waals surface area (Å²) in [7, 11) is 0. The van der Waals surface area contributed by atoms with Gasteiger partial charge < -0.3 is 4.90 Å². The van der Waals surface area contributed by atoms with E-state index in [0.717, 1.165) is 28.2 Å². The number of carbonyl (C=O) groups excluding carboxylic acids is 1. The van der Waals surface area contributed by atoms with E-state index in [1.165, 1.54) is 0 Å². The fourth-order valence-corrected chi connectivity index (χ4v) is 3.07. The maximum atomic E-state index is 12.6. The highest BCUT2D eigenvalue weighted by Gasteiger charge is 2.28. The van der Waals surface area contributed by atoms with Crippen molar-refractivity contribution in [1.82, 2.24) is 20.1 Å². The van der Waals surface area contributed by atoms with Crippen molar-refractivity contribution < 1.29 is 4.79 Å². The minimum atomic E-state index is 0.0530. The molecule has 6 heteroatoms. The number of aromatic nitrogens is 3. The Bertz CT molecular complexity index is 971. The molecular formula is C19H15N5O. The van der Waals surface area contributed by atoms with Crippen LogP contribution in [0.15, 0.2) is 48.7 Å². The quantitative estimate of drug-likeness (QED) is 0.799. The summed E-state index contributed by atoms with van der Waals surface area (Å²) < 4.78 is 0. The van der Waals surface area contributed by atoms with Crippen LogP contribution in [0.3, 0.4) is 0 Å². The number of pyridine rings is 1. The first kappa shape index (κ1) is 15.1. The molecule has 0 radical (unpaired) electrons. The van der Waals surface area contributed by atoms with Crippen molar-refractivity contribution in [2.45, 2.75) is 19.5 Å². The van der Waals surface area contributed by atoms with Crippen molar-refractivity contribution >= 4 is 5.91 Å². The molecule has 0 saturated carbocycles. The molecule has 4 rings (SSSR count). The third-order valence-corrected chi connectivity index (χ3v) is 4.33. The second-order valence-electron chi connectivity index (χ2n) is 5.97. The molecule has 2 aromatic heterocycles. The van der Waals surface area contributed by atoms with Crippen LogP contribution in [0.1, 0.15) is 22.5 Å². The molecule has 0 spiro atoms. The van der Waals surface area contributed by atoms with Crippen molar-refractivity contribution in [2.75, 3.05) is 0 Å². The molecule has 1 amide bonds. The maximum absolute atomic E-state index is 12.6. The maximum Gasteiger partial charge on any atom is 0.227 e. The first-order valence-corrected chi connectivity index (χ1v) is 7.99. The van der Waals surface area contributed by atoms with Crippen LogP contribution in [0.25, 0.3) is 11.3 Å². The Kier molecular flexibility index (Phi) is 3.75. The predicted molar refractivity (Wildman–Crippen MR) is 90.9 cm³/mol. The third kappa shape index (κ3) is 2.88. The summed E-state index contributed by atoms with van der Waals surface area (Å²) in [5.41, 5.74) is 4.89. The summed E-state index contributed by atoms with van der Waals surface area (Å²) in [6.07, 6.45) is 2.02. The molecule has 0 unspecified atom stereocenters. The van der Waals surface area contributed by atoms with Crippen LogP contribution in [0, 0.1) is 11.3 Å². The van der Waals surface area contributed by atoms with Crippen molar-refractivity contribution in [1.29, 1.82) is 5.26 Å². The highest BCUT2D eigenvalue weighted by atomic mass is 16.2. The minimum absolute atomic E-state index is 0.0530. The Labute approximate surface area is 144 Å². The normalized spacial score (nSPS) is 13.4. The molecule has 25 heavy (non-hydrogen) atoms. The topological polar surface area (TPSA) is 85.7 Å². The molecule has 6 nitrogen and oxygen atoms in total. The van der Waals surface area contributed by atoms with E-state index in [0.29, 0.717) is 25.1 Å². The molecule has 1 aromatic carbocycles. The zero-order valence-corrected chi connectivity index (χ0v) is 13.4. The molecule has 3 aromatic rings. The molecule has 0 aliphatic carbocycles. The van der Waals surface area contributed by atoms with E-state index in [2.05, 4.69) is 21.3 Å². The Hall–Kier alpha value is -3.46. The fourth-order valence-electron chi connectivity index (χ4n) is 3.07. The Balaban J connectivity index is 1.62. The monoisotopic (exact) mass is 329 g/mol. The average molecular weight is 329 g/mol. The number of rotatable bonds is 3. The van der Waals surface area contributed by atoms with Gasteiger partial charge in [0.05, 0.1) is 48.2 Å². The predicted octanol–water partition coefficient (Wildman–Crippen LogP) is 2.43. The lowest BCUT2D eigenvalue weighted by Crippen LogP contribution is -2.35. The Morgan fingerprint density at radius 2 is 2.16 bits per heavy atom. The van der Waals surface area contributed by atoms with Gasteiger partial charge in [0, 0.05) is 17.3 Å². The molecule has 1 N–H and O–H groups in total. The van der Waals surface area contributed by atoms with Crippen LogP contribution in [0.4, 0.5) is 0 Å². The van der Waals surface area contributed by atoms with E-state index in [1.54, 1.807) is 23.2 Å². The number of hydrogen-bond acceptors (Lipinski definition) is 4. The van der Waals surface area contributed by atoms with Crippen LogP contribution in [0.5, 0.6) is 0 Å². The number of fused-ring (bicyclic) bond motifs is 1. The van der Waals surface area contributed by atoms with Gasteiger partial charge in [0.25, 0.3) is 0 Å². The first-order valence-electron chi connectivity index (χ1n) is 7.99. The van der Waals surface area contributed by atoms with E-state index in [1.807, 2.05) is 30.3 Å². The van der Waals surface area contributed by atoms with E-state index >= 15 is 0 Å². The van der Waals surface area contributed by atoms with Gasteiger partial charge in [-0.25, -0.2) is 0 Å². The fraction of sp³-hybridized carbons (Fsp3) is 0.158. The molecule has 1 aliphatic heterocycles. The largest absolute Gasteiger partial charge is 0.331 e. The van der Waals surface area contributed by atoms with Crippen LogP contribution < -0.4 is 0 Å². The van der Waals surface area contributed by atoms with Crippen LogP contribution >= 0.6 is 0 Å². The van der Waals surface area contributed by atoms with Gasteiger partial charge in [0.2, 0.25) is 5.91 Å². The molecule has 0 saturated heterocycles. The number of nitrogens with zero attached hydrogens (tertiary/aromatic N) is 4. The van der Waals surface area contributed by atoms with Gasteiger partial charge >= 0.3 is 0 Å². The van der Waals surface area contributed by atoms with Gasteiger partial charge in [-0.1, -0.05) is 18.2 Å². The van der Waals surface area contributed by atoms with Crippen LogP contribution in [-0.2, 0) is 24.3 Å². The van der Waals surface area contributed by atoms with Gasteiger partial charge in [0.1, 0.15) is 0 Å². The molecule has 0 bridgehead atoms. The van der Waals surface area contributed by atoms with Crippen molar-refractivity contribution in [3.8, 4) is 17.3 Å². The van der Waals surface area contributed by atoms with Crippen molar-refractivity contribution in [2.24, 2.45) is 0 Å². The van der Waals surface area contributed by atoms with Crippen molar-refractivity contribution in [3.63, 3.8) is 0 Å². The minimum Gasteiger partial charge on any atom is -0.331 e. The second kappa shape index (κ2) is 6.21. The van der Waals surface area contributed by atoms with Gasteiger partial charge in [0.15, 0.2) is 0 Å². The van der Waals surface area contributed by atoms with Crippen LogP contribution in [0.2, 0.25) is 0 Å². The Morgan fingerprint density at radius 1 is 1.24 bits per heavy atom. The van der Waals surface area contributed by atoms with Crippen molar-refractivity contribution in [3.05, 3.63) is 71.2 Å². The molecule has 0 atom stereocenters. The molecule has 1 aliphatic rings. The van der Waals surface area contributed by atoms with Crippen LogP contribution in [-0.4, -0.2) is 26.0 Å². The Morgan fingerprint density at radius 3 is 2.96 bits per heavy atom. The van der Waals surface area contributed by atoms with Gasteiger partial charge in [-0.2, -0.15) is 10.4 Å². The highest BCUT2D eigenvalue weighted by molar-refractivity contribution is 5.83. The second-order valence-corrected chi connectivity index (χ2v) is 5.97. The lowest BCUT2D eigenvalue weighted by Gasteiger charge is -2.26. The molecule has 0 fully saturated rings. The summed E-state index contributed by atoms with van der Waals surface area (Å²) in [5.74, 6) is 0.0530. The molecule has 122 valence electrons.